The van der Waals surface area contributed by atoms with Crippen LogP contribution in [-0.2, 0) is 4.74 Å². The van der Waals surface area contributed by atoms with Gasteiger partial charge in [-0.05, 0) is 0 Å². The molecule has 1 saturated heterocycles. The molecule has 0 spiro atoms. The topological polar surface area (TPSA) is 140 Å². The number of hydrogen-bond donors (Lipinski definition) is 4. The third-order valence-corrected chi connectivity index (χ3v) is 3.99. The van der Waals surface area contributed by atoms with Crippen molar-refractivity contribution in [3.63, 3.8) is 0 Å². The largest absolute Gasteiger partial charge is 0.394 e. The van der Waals surface area contributed by atoms with E-state index in [1.807, 2.05) is 22.6 Å². The highest BCUT2D eigenvalue weighted by molar-refractivity contribution is 14.1. The lowest BCUT2D eigenvalue weighted by Crippen LogP contribution is -2.33. The number of hydrogen-bond acceptors (Lipinski definition) is 8. The van der Waals surface area contributed by atoms with Crippen LogP contribution >= 0.6 is 22.6 Å². The van der Waals surface area contributed by atoms with Gasteiger partial charge in [-0.2, -0.15) is 0 Å². The Bertz CT molecular complexity index is 650. The van der Waals surface area contributed by atoms with E-state index >= 15 is 0 Å². The summed E-state index contributed by atoms with van der Waals surface area (Å²) in [6, 6.07) is 0. The molecule has 2 aromatic heterocycles. The second-order valence-electron chi connectivity index (χ2n) is 4.41. The average molecular weight is 393 g/mol. The van der Waals surface area contributed by atoms with Crippen LogP contribution in [0.4, 0.5) is 5.82 Å². The number of halogens is 1. The zero-order valence-corrected chi connectivity index (χ0v) is 12.2. The summed E-state index contributed by atoms with van der Waals surface area (Å²) in [5.74, 6) is 0.221. The van der Waals surface area contributed by atoms with Crippen LogP contribution in [0, 0.1) is 3.83 Å². The van der Waals surface area contributed by atoms with E-state index in [4.69, 9.17) is 15.6 Å². The summed E-state index contributed by atoms with van der Waals surface area (Å²) < 4.78 is 7.49. The molecule has 1 fully saturated rings. The number of aromatic nitrogens is 4. The summed E-state index contributed by atoms with van der Waals surface area (Å²) in [4.78, 5) is 12.2. The average Bonchev–Trinajstić information content (AvgIpc) is 2.90. The van der Waals surface area contributed by atoms with Gasteiger partial charge in [0, 0.05) is 22.6 Å². The Morgan fingerprint density at radius 2 is 2.10 bits per heavy atom. The van der Waals surface area contributed by atoms with Crippen LogP contribution in [0.2, 0.25) is 0 Å². The Hall–Kier alpha value is -1.08. The van der Waals surface area contributed by atoms with Crippen molar-refractivity contribution in [1.82, 2.24) is 19.5 Å². The van der Waals surface area contributed by atoms with E-state index in [1.54, 1.807) is 0 Å². The van der Waals surface area contributed by atoms with Gasteiger partial charge in [0.15, 0.2) is 27.0 Å². The molecule has 0 unspecified atom stereocenters. The maximum Gasteiger partial charge on any atom is 0.175 e. The standard InChI is InChI=1S/C10H12IN5O4/c11-10-15-4-7(12)13-2-14-8(4)16(10)9-6(19)5(18)3(1-17)20-9/h2-3,5-6,9,17-19H,1H2,(H2,12,13,14)/t3-,5+,6+,9-/m1/s1. The molecule has 9 nitrogen and oxygen atoms in total. The Morgan fingerprint density at radius 3 is 2.75 bits per heavy atom. The number of nitrogens with two attached hydrogens (primary N) is 1. The van der Waals surface area contributed by atoms with Gasteiger partial charge in [0.1, 0.15) is 24.6 Å². The zero-order valence-electron chi connectivity index (χ0n) is 10.1. The van der Waals surface area contributed by atoms with Crippen molar-refractivity contribution >= 4 is 39.6 Å². The predicted octanol–water partition coefficient (Wildman–Crippen LogP) is -1.38. The number of ether oxygens (including phenoxy) is 1. The van der Waals surface area contributed by atoms with Crippen molar-refractivity contribution in [2.45, 2.75) is 24.5 Å². The molecule has 0 amide bonds. The molecule has 20 heavy (non-hydrogen) atoms. The van der Waals surface area contributed by atoms with E-state index in [-0.39, 0.29) is 5.82 Å². The first-order valence-electron chi connectivity index (χ1n) is 5.81. The van der Waals surface area contributed by atoms with Crippen LogP contribution in [0.5, 0.6) is 0 Å². The van der Waals surface area contributed by atoms with Crippen LogP contribution in [-0.4, -0.2) is 59.8 Å². The highest BCUT2D eigenvalue weighted by atomic mass is 127. The second kappa shape index (κ2) is 5.04. The summed E-state index contributed by atoms with van der Waals surface area (Å²) in [7, 11) is 0. The lowest BCUT2D eigenvalue weighted by Gasteiger charge is -2.17. The SMILES string of the molecule is Nc1ncnc2c1nc(I)n2[C@@H]1O[C@H](CO)[C@H](O)[C@@H]1O. The number of rotatable bonds is 2. The predicted molar refractivity (Wildman–Crippen MR) is 75.5 cm³/mol. The fraction of sp³-hybridized carbons (Fsp3) is 0.500. The van der Waals surface area contributed by atoms with Crippen LogP contribution in [0.1, 0.15) is 6.23 Å². The molecule has 3 heterocycles. The zero-order chi connectivity index (χ0) is 14.4. The normalized spacial score (nSPS) is 30.2. The van der Waals surface area contributed by atoms with E-state index in [9.17, 15) is 10.2 Å². The van der Waals surface area contributed by atoms with E-state index in [2.05, 4.69) is 15.0 Å². The first-order chi connectivity index (χ1) is 9.54. The number of aliphatic hydroxyl groups excluding tert-OH is 3. The molecular formula is C10H12IN5O4. The lowest BCUT2D eigenvalue weighted by molar-refractivity contribution is -0.0522. The molecule has 1 aliphatic heterocycles. The maximum atomic E-state index is 10.1. The number of nitrogens with zero attached hydrogens (tertiary/aromatic N) is 4. The molecule has 108 valence electrons. The highest BCUT2D eigenvalue weighted by Gasteiger charge is 2.44. The molecule has 2 aromatic rings. The van der Waals surface area contributed by atoms with Gasteiger partial charge in [0.05, 0.1) is 6.61 Å². The molecule has 0 saturated carbocycles. The van der Waals surface area contributed by atoms with Crippen molar-refractivity contribution < 1.29 is 20.1 Å². The summed E-state index contributed by atoms with van der Waals surface area (Å²) in [6.45, 7) is -0.394. The lowest BCUT2D eigenvalue weighted by atomic mass is 10.1. The Balaban J connectivity index is 2.11. The van der Waals surface area contributed by atoms with E-state index < -0.39 is 31.1 Å². The van der Waals surface area contributed by atoms with Gasteiger partial charge < -0.3 is 25.8 Å². The number of anilines is 1. The van der Waals surface area contributed by atoms with Gasteiger partial charge in [0.2, 0.25) is 0 Å². The number of fused-ring (bicyclic) bond motifs is 1. The molecule has 3 rings (SSSR count). The van der Waals surface area contributed by atoms with Crippen LogP contribution in [0.3, 0.4) is 0 Å². The monoisotopic (exact) mass is 393 g/mol. The third-order valence-electron chi connectivity index (χ3n) is 3.23. The van der Waals surface area contributed by atoms with Gasteiger partial charge in [0.25, 0.3) is 0 Å². The van der Waals surface area contributed by atoms with E-state index in [0.29, 0.717) is 15.0 Å². The molecule has 4 atom stereocenters. The molecule has 5 N–H and O–H groups in total. The quantitative estimate of drug-likeness (QED) is 0.362. The minimum Gasteiger partial charge on any atom is -0.394 e. The van der Waals surface area contributed by atoms with Crippen molar-refractivity contribution in [3.8, 4) is 0 Å². The van der Waals surface area contributed by atoms with E-state index in [1.165, 1.54) is 10.9 Å². The second-order valence-corrected chi connectivity index (χ2v) is 5.38. The van der Waals surface area contributed by atoms with Gasteiger partial charge >= 0.3 is 0 Å². The Kier molecular flexibility index (Phi) is 3.50. The molecule has 0 radical (unpaired) electrons. The number of imidazole rings is 1. The third kappa shape index (κ3) is 1.95. The summed E-state index contributed by atoms with van der Waals surface area (Å²) in [5.41, 5.74) is 6.53. The van der Waals surface area contributed by atoms with Gasteiger partial charge in [-0.3, -0.25) is 4.57 Å². The first kappa shape index (κ1) is 13.9. The van der Waals surface area contributed by atoms with Crippen LogP contribution in [0.25, 0.3) is 11.2 Å². The minimum absolute atomic E-state index is 0.221. The molecule has 0 aromatic carbocycles. The van der Waals surface area contributed by atoms with Gasteiger partial charge in [-0.1, -0.05) is 0 Å². The van der Waals surface area contributed by atoms with Crippen LogP contribution < -0.4 is 5.73 Å². The molecule has 0 bridgehead atoms. The summed E-state index contributed by atoms with van der Waals surface area (Å²) in [5, 5.41) is 29.0. The first-order valence-corrected chi connectivity index (χ1v) is 6.88. The fourth-order valence-electron chi connectivity index (χ4n) is 2.22. The van der Waals surface area contributed by atoms with Crippen molar-refractivity contribution in [2.24, 2.45) is 0 Å². The summed E-state index contributed by atoms with van der Waals surface area (Å²) in [6.07, 6.45) is -2.85. The van der Waals surface area contributed by atoms with Crippen molar-refractivity contribution in [2.75, 3.05) is 12.3 Å². The van der Waals surface area contributed by atoms with Gasteiger partial charge in [-0.15, -0.1) is 0 Å². The van der Waals surface area contributed by atoms with Gasteiger partial charge in [-0.25, -0.2) is 15.0 Å². The number of aliphatic hydroxyl groups is 3. The number of nitrogen functional groups attached to an aromatic ring is 1. The molecular weight excluding hydrogens is 381 g/mol. The molecule has 10 heteroatoms. The molecule has 1 aliphatic rings. The molecule has 0 aliphatic carbocycles. The Labute approximate surface area is 126 Å². The van der Waals surface area contributed by atoms with E-state index in [0.717, 1.165) is 0 Å². The Morgan fingerprint density at radius 1 is 1.35 bits per heavy atom. The van der Waals surface area contributed by atoms with Crippen molar-refractivity contribution in [3.05, 3.63) is 10.2 Å². The minimum atomic E-state index is -1.20. The van der Waals surface area contributed by atoms with Crippen molar-refractivity contribution in [1.29, 1.82) is 0 Å². The fourth-order valence-corrected chi connectivity index (χ4v) is 2.96. The summed E-state index contributed by atoms with van der Waals surface area (Å²) >= 11 is 1.95. The maximum absolute atomic E-state index is 10.1. The smallest absolute Gasteiger partial charge is 0.175 e. The van der Waals surface area contributed by atoms with Crippen LogP contribution in [0.15, 0.2) is 6.33 Å². The highest BCUT2D eigenvalue weighted by Crippen LogP contribution is 2.33.